The second-order valence-corrected chi connectivity index (χ2v) is 8.68. The highest BCUT2D eigenvalue weighted by Crippen LogP contribution is 2.50. The molecule has 0 aliphatic heterocycles. The van der Waals surface area contributed by atoms with E-state index in [1.807, 2.05) is 32.3 Å². The summed E-state index contributed by atoms with van der Waals surface area (Å²) in [7, 11) is 8.80. The molecular weight excluding hydrogens is 434 g/mol. The van der Waals surface area contributed by atoms with Gasteiger partial charge in [-0.2, -0.15) is 0 Å². The van der Waals surface area contributed by atoms with Crippen LogP contribution in [-0.4, -0.2) is 59.3 Å². The summed E-state index contributed by atoms with van der Waals surface area (Å²) in [5, 5.41) is 6.30. The van der Waals surface area contributed by atoms with E-state index in [1.165, 1.54) is 6.92 Å². The molecule has 0 saturated carbocycles. The lowest BCUT2D eigenvalue weighted by atomic mass is 9.95. The largest absolute Gasteiger partial charge is 0.493 e. The normalized spacial score (nSPS) is 14.5. The molecule has 1 amide bonds. The van der Waals surface area contributed by atoms with E-state index in [0.717, 1.165) is 35.2 Å². The molecule has 3 rings (SSSR count). The lowest BCUT2D eigenvalue weighted by Gasteiger charge is -2.19. The van der Waals surface area contributed by atoms with Crippen molar-refractivity contribution in [3.63, 3.8) is 0 Å². The summed E-state index contributed by atoms with van der Waals surface area (Å²) in [4.78, 5) is 27.3. The zero-order valence-corrected chi connectivity index (χ0v) is 20.9. The number of hydrogen-bond donors (Lipinski definition) is 2. The van der Waals surface area contributed by atoms with Gasteiger partial charge in [-0.05, 0) is 74.8 Å². The number of rotatable bonds is 9. The van der Waals surface area contributed by atoms with Gasteiger partial charge in [0.05, 0.1) is 33.1 Å². The van der Waals surface area contributed by atoms with E-state index in [-0.39, 0.29) is 17.4 Å². The van der Waals surface area contributed by atoms with Crippen LogP contribution in [0, 0.1) is 0 Å². The lowest BCUT2D eigenvalue weighted by Crippen LogP contribution is -2.26. The summed E-state index contributed by atoms with van der Waals surface area (Å²) in [6, 6.07) is 7.01. The third-order valence-corrected chi connectivity index (χ3v) is 6.01. The van der Waals surface area contributed by atoms with Crippen molar-refractivity contribution in [1.82, 2.24) is 10.2 Å². The molecule has 184 valence electrons. The number of methoxy groups -OCH3 is 3. The van der Waals surface area contributed by atoms with Gasteiger partial charge < -0.3 is 29.7 Å². The molecule has 34 heavy (non-hydrogen) atoms. The molecule has 2 aromatic rings. The predicted molar refractivity (Wildman–Crippen MR) is 134 cm³/mol. The molecule has 2 aromatic carbocycles. The number of amides is 1. The minimum Gasteiger partial charge on any atom is -0.493 e. The number of nitrogens with zero attached hydrogens (tertiary/aromatic N) is 1. The minimum atomic E-state index is -0.316. The van der Waals surface area contributed by atoms with E-state index in [9.17, 15) is 9.59 Å². The third-order valence-electron chi connectivity index (χ3n) is 6.01. The van der Waals surface area contributed by atoms with E-state index >= 15 is 0 Å². The molecule has 0 saturated heterocycles. The Balaban J connectivity index is 2.21. The Bertz CT molecular complexity index is 1100. The smallest absolute Gasteiger partial charge is 0.217 e. The molecule has 1 atom stereocenters. The van der Waals surface area contributed by atoms with Crippen LogP contribution in [0.1, 0.15) is 36.9 Å². The van der Waals surface area contributed by atoms with Crippen molar-refractivity contribution >= 4 is 11.6 Å². The highest BCUT2D eigenvalue weighted by atomic mass is 16.5. The monoisotopic (exact) mass is 469 g/mol. The molecule has 0 bridgehead atoms. The molecule has 0 fully saturated rings. The van der Waals surface area contributed by atoms with Crippen molar-refractivity contribution < 1.29 is 19.0 Å². The number of nitrogens with one attached hydrogen (secondary N) is 2. The first-order valence-electron chi connectivity index (χ1n) is 11.5. The zero-order chi connectivity index (χ0) is 24.8. The van der Waals surface area contributed by atoms with Crippen LogP contribution in [0.5, 0.6) is 17.2 Å². The van der Waals surface area contributed by atoms with E-state index in [4.69, 9.17) is 14.2 Å². The fourth-order valence-corrected chi connectivity index (χ4v) is 4.47. The first kappa shape index (κ1) is 25.4. The SMILES string of the molecule is COc1cc2c(c(OC)c1OC)-c1ccc(NCCCN(C)C)c(=O)cc1C(NC(C)=O)CC2. The maximum absolute atomic E-state index is 13.2. The Labute approximate surface area is 201 Å². The maximum Gasteiger partial charge on any atom is 0.217 e. The number of fused-ring (bicyclic) bond motifs is 3. The van der Waals surface area contributed by atoms with Crippen LogP contribution in [0.3, 0.4) is 0 Å². The van der Waals surface area contributed by atoms with Crippen molar-refractivity contribution in [3.05, 3.63) is 45.6 Å². The van der Waals surface area contributed by atoms with E-state index < -0.39 is 0 Å². The topological polar surface area (TPSA) is 89.1 Å². The first-order chi connectivity index (χ1) is 16.3. The van der Waals surface area contributed by atoms with Crippen LogP contribution in [0.2, 0.25) is 0 Å². The van der Waals surface area contributed by atoms with Crippen LogP contribution in [0.15, 0.2) is 29.1 Å². The van der Waals surface area contributed by atoms with Gasteiger partial charge in [-0.25, -0.2) is 0 Å². The summed E-state index contributed by atoms with van der Waals surface area (Å²) < 4.78 is 17.0. The lowest BCUT2D eigenvalue weighted by molar-refractivity contribution is -0.119. The van der Waals surface area contributed by atoms with Gasteiger partial charge >= 0.3 is 0 Å². The highest BCUT2D eigenvalue weighted by molar-refractivity contribution is 5.83. The Kier molecular flexibility index (Phi) is 8.39. The first-order valence-corrected chi connectivity index (χ1v) is 11.5. The zero-order valence-electron chi connectivity index (χ0n) is 20.9. The average molecular weight is 470 g/mol. The predicted octanol–water partition coefficient (Wildman–Crippen LogP) is 3.23. The van der Waals surface area contributed by atoms with Crippen molar-refractivity contribution in [2.45, 2.75) is 32.2 Å². The molecule has 1 unspecified atom stereocenters. The number of carbonyl (C=O) groups is 1. The standard InChI is InChI=1S/C26H35N3O5/c1-16(30)28-20-10-8-17-14-23(32-4)25(33-5)26(34-6)24(17)18-9-11-21(22(31)15-19(18)20)27-12-7-13-29(2)3/h9,11,14-15,20H,7-8,10,12-13H2,1-6H3,(H,27,31)(H,28,30). The molecule has 0 heterocycles. The van der Waals surface area contributed by atoms with Gasteiger partial charge in [-0.15, -0.1) is 0 Å². The Hall–Kier alpha value is -3.26. The third kappa shape index (κ3) is 5.44. The number of anilines is 1. The van der Waals surface area contributed by atoms with Gasteiger partial charge in [0.1, 0.15) is 0 Å². The van der Waals surface area contributed by atoms with Crippen LogP contribution in [0.4, 0.5) is 5.69 Å². The summed E-state index contributed by atoms with van der Waals surface area (Å²) in [5.74, 6) is 1.46. The van der Waals surface area contributed by atoms with Crippen molar-refractivity contribution in [3.8, 4) is 28.4 Å². The second kappa shape index (κ2) is 11.2. The Morgan fingerprint density at radius 3 is 2.44 bits per heavy atom. The van der Waals surface area contributed by atoms with Crippen LogP contribution < -0.4 is 30.3 Å². The Morgan fingerprint density at radius 1 is 1.09 bits per heavy atom. The van der Waals surface area contributed by atoms with Crippen molar-refractivity contribution in [2.24, 2.45) is 0 Å². The number of ether oxygens (including phenoxy) is 3. The fraction of sp³-hybridized carbons (Fsp3) is 0.462. The van der Waals surface area contributed by atoms with Gasteiger partial charge in [0.25, 0.3) is 0 Å². The number of benzene rings is 1. The van der Waals surface area contributed by atoms with E-state index in [2.05, 4.69) is 15.5 Å². The molecule has 1 aliphatic carbocycles. The quantitative estimate of drug-likeness (QED) is 0.545. The second-order valence-electron chi connectivity index (χ2n) is 8.68. The highest BCUT2D eigenvalue weighted by Gasteiger charge is 2.29. The van der Waals surface area contributed by atoms with Gasteiger partial charge in [-0.3, -0.25) is 9.59 Å². The molecule has 0 radical (unpaired) electrons. The Morgan fingerprint density at radius 2 is 1.82 bits per heavy atom. The van der Waals surface area contributed by atoms with E-state index in [0.29, 0.717) is 42.3 Å². The minimum absolute atomic E-state index is 0.121. The summed E-state index contributed by atoms with van der Waals surface area (Å²) >= 11 is 0. The molecule has 2 N–H and O–H groups in total. The number of aryl methyl sites for hydroxylation is 1. The number of hydrogen-bond acceptors (Lipinski definition) is 7. The molecular formula is C26H35N3O5. The van der Waals surface area contributed by atoms with Crippen LogP contribution >= 0.6 is 0 Å². The van der Waals surface area contributed by atoms with Crippen LogP contribution in [0.25, 0.3) is 11.1 Å². The fourth-order valence-electron chi connectivity index (χ4n) is 4.47. The molecule has 8 heteroatoms. The number of carbonyl (C=O) groups excluding carboxylic acids is 1. The summed E-state index contributed by atoms with van der Waals surface area (Å²) in [6.07, 6.45) is 2.21. The van der Waals surface area contributed by atoms with Gasteiger partial charge in [0, 0.05) is 19.0 Å². The van der Waals surface area contributed by atoms with Crippen molar-refractivity contribution in [1.29, 1.82) is 0 Å². The van der Waals surface area contributed by atoms with Gasteiger partial charge in [-0.1, -0.05) is 6.07 Å². The molecule has 0 aromatic heterocycles. The molecule has 1 aliphatic rings. The van der Waals surface area contributed by atoms with Crippen molar-refractivity contribution in [2.75, 3.05) is 53.8 Å². The molecule has 0 spiro atoms. The summed E-state index contributed by atoms with van der Waals surface area (Å²) in [5.41, 5.74) is 3.83. The maximum atomic E-state index is 13.2. The summed E-state index contributed by atoms with van der Waals surface area (Å²) in [6.45, 7) is 3.10. The van der Waals surface area contributed by atoms with Crippen LogP contribution in [-0.2, 0) is 11.2 Å². The van der Waals surface area contributed by atoms with Gasteiger partial charge in [0.15, 0.2) is 11.5 Å². The van der Waals surface area contributed by atoms with Gasteiger partial charge in [0.2, 0.25) is 17.1 Å². The van der Waals surface area contributed by atoms with E-state index in [1.54, 1.807) is 27.4 Å². The molecule has 8 nitrogen and oxygen atoms in total. The average Bonchev–Trinajstić information content (AvgIpc) is 3.04.